The van der Waals surface area contributed by atoms with E-state index in [2.05, 4.69) is 26.1 Å². The van der Waals surface area contributed by atoms with Crippen LogP contribution in [0.3, 0.4) is 0 Å². The van der Waals surface area contributed by atoms with E-state index in [-0.39, 0.29) is 18.9 Å². The lowest BCUT2D eigenvalue weighted by Gasteiger charge is -2.24. The van der Waals surface area contributed by atoms with Gasteiger partial charge in [-0.2, -0.15) is 0 Å². The molecule has 0 unspecified atom stereocenters. The number of nitrogens with one attached hydrogen (secondary N) is 4. The van der Waals surface area contributed by atoms with Gasteiger partial charge in [0.25, 0.3) is 0 Å². The van der Waals surface area contributed by atoms with Crippen molar-refractivity contribution in [3.63, 3.8) is 0 Å². The molecule has 230 valence electrons. The molecule has 3 amide bonds. The number of alkyl carbamates (subject to hydrolysis) is 1. The summed E-state index contributed by atoms with van der Waals surface area (Å²) in [5.41, 5.74) is 2.64. The first-order valence-electron chi connectivity index (χ1n) is 14.1. The van der Waals surface area contributed by atoms with Crippen LogP contribution in [0.4, 0.5) is 9.93 Å². The van der Waals surface area contributed by atoms with Crippen LogP contribution in [0.15, 0.2) is 84.9 Å². The van der Waals surface area contributed by atoms with Crippen molar-refractivity contribution in [1.82, 2.24) is 20.8 Å². The zero-order chi connectivity index (χ0) is 31.3. The van der Waals surface area contributed by atoms with Gasteiger partial charge in [-0.05, 0) is 53.4 Å². The summed E-state index contributed by atoms with van der Waals surface area (Å²) in [5.74, 6) is -0.199. The predicted molar refractivity (Wildman–Crippen MR) is 172 cm³/mol. The lowest BCUT2D eigenvalue weighted by Crippen LogP contribution is -2.53. The Hall–Kier alpha value is -4.55. The number of anilines is 1. The van der Waals surface area contributed by atoms with Gasteiger partial charge in [0.1, 0.15) is 31.0 Å². The minimum atomic E-state index is -1.02. The summed E-state index contributed by atoms with van der Waals surface area (Å²) in [6.07, 6.45) is -0.230. The van der Waals surface area contributed by atoms with Crippen LogP contribution >= 0.6 is 23.6 Å². The SMILES string of the molecule is CC(C)C[C@H](NC(=O)[C@H](Cc1ccc(OCc2ccccc2)cc1)NC(=O)OCc1ccccc1)C(=O)Nc1n[nH]c(=S)s1. The van der Waals surface area contributed by atoms with Crippen molar-refractivity contribution in [1.29, 1.82) is 0 Å². The van der Waals surface area contributed by atoms with Gasteiger partial charge in [-0.1, -0.05) is 98.0 Å². The molecule has 0 saturated carbocycles. The number of aromatic nitrogens is 2. The van der Waals surface area contributed by atoms with Crippen molar-refractivity contribution < 1.29 is 23.9 Å². The number of hydrogen-bond acceptors (Lipinski definition) is 8. The fourth-order valence-electron chi connectivity index (χ4n) is 4.27. The molecule has 0 fully saturated rings. The van der Waals surface area contributed by atoms with Gasteiger partial charge in [0.15, 0.2) is 3.95 Å². The van der Waals surface area contributed by atoms with Gasteiger partial charge in [0.05, 0.1) is 0 Å². The molecule has 4 aromatic rings. The molecule has 0 bridgehead atoms. The smallest absolute Gasteiger partial charge is 0.408 e. The molecule has 12 heteroatoms. The quantitative estimate of drug-likeness (QED) is 0.129. The van der Waals surface area contributed by atoms with Crippen molar-refractivity contribution in [2.75, 3.05) is 5.32 Å². The number of nitrogens with zero attached hydrogens (tertiary/aromatic N) is 1. The van der Waals surface area contributed by atoms with Crippen LogP contribution in [0.5, 0.6) is 5.75 Å². The van der Waals surface area contributed by atoms with Crippen LogP contribution < -0.4 is 20.7 Å². The highest BCUT2D eigenvalue weighted by Gasteiger charge is 2.28. The molecule has 0 radical (unpaired) electrons. The summed E-state index contributed by atoms with van der Waals surface area (Å²) in [7, 11) is 0. The number of aromatic amines is 1. The molecule has 0 aliphatic carbocycles. The monoisotopic (exact) mass is 633 g/mol. The number of hydrogen-bond donors (Lipinski definition) is 4. The van der Waals surface area contributed by atoms with E-state index in [1.807, 2.05) is 98.8 Å². The third-order valence-electron chi connectivity index (χ3n) is 6.44. The van der Waals surface area contributed by atoms with Gasteiger partial charge in [-0.15, -0.1) is 5.10 Å². The van der Waals surface area contributed by atoms with Crippen LogP contribution in [-0.4, -0.2) is 40.2 Å². The molecule has 1 aromatic heterocycles. The molecule has 3 aromatic carbocycles. The van der Waals surface area contributed by atoms with E-state index in [9.17, 15) is 14.4 Å². The maximum atomic E-state index is 13.6. The topological polar surface area (TPSA) is 134 Å². The average Bonchev–Trinajstić information content (AvgIpc) is 3.43. The number of rotatable bonds is 14. The second-order valence-electron chi connectivity index (χ2n) is 10.5. The molecule has 0 saturated heterocycles. The maximum Gasteiger partial charge on any atom is 0.408 e. The maximum absolute atomic E-state index is 13.6. The van der Waals surface area contributed by atoms with E-state index in [1.54, 1.807) is 0 Å². The van der Waals surface area contributed by atoms with E-state index < -0.39 is 30.0 Å². The minimum absolute atomic E-state index is 0.0442. The van der Waals surface area contributed by atoms with Crippen LogP contribution in [-0.2, 0) is 34.0 Å². The summed E-state index contributed by atoms with van der Waals surface area (Å²) in [6.45, 7) is 4.36. The van der Waals surface area contributed by atoms with Crippen molar-refractivity contribution in [3.8, 4) is 5.75 Å². The Kier molecular flexibility index (Phi) is 12.0. The third kappa shape index (κ3) is 10.6. The van der Waals surface area contributed by atoms with Crippen LogP contribution in [0.2, 0.25) is 0 Å². The average molecular weight is 634 g/mol. The fraction of sp³-hybridized carbons (Fsp3) is 0.281. The number of carbonyl (C=O) groups excluding carboxylic acids is 3. The van der Waals surface area contributed by atoms with Crippen molar-refractivity contribution >= 4 is 46.6 Å². The molecule has 1 heterocycles. The molecular weight excluding hydrogens is 599 g/mol. The number of benzene rings is 3. The number of carbonyl (C=O) groups is 3. The van der Waals surface area contributed by atoms with E-state index in [0.717, 1.165) is 28.0 Å². The number of amides is 3. The standard InChI is InChI=1S/C32H35N5O5S2/c1-21(2)17-26(29(39)35-30-36-37-32(43)44-30)33-28(38)27(34-31(40)42-20-24-11-7-4-8-12-24)18-22-13-15-25(16-14-22)41-19-23-9-5-3-6-10-23/h3-16,21,26-27H,17-20H2,1-2H3,(H,33,38)(H,34,40)(H,37,43)(H,35,36,39)/t26-,27-/m0/s1. The van der Waals surface area contributed by atoms with E-state index >= 15 is 0 Å². The Balaban J connectivity index is 1.45. The van der Waals surface area contributed by atoms with Gasteiger partial charge in [-0.3, -0.25) is 20.0 Å². The summed E-state index contributed by atoms with van der Waals surface area (Å²) in [5, 5.41) is 15.1. The van der Waals surface area contributed by atoms with Gasteiger partial charge in [0.2, 0.25) is 16.9 Å². The molecule has 44 heavy (non-hydrogen) atoms. The van der Waals surface area contributed by atoms with E-state index in [1.165, 1.54) is 0 Å². The Labute approximate surface area is 265 Å². The first-order valence-corrected chi connectivity index (χ1v) is 15.4. The van der Waals surface area contributed by atoms with Crippen molar-refractivity contribution in [2.24, 2.45) is 5.92 Å². The zero-order valence-electron chi connectivity index (χ0n) is 24.4. The summed E-state index contributed by atoms with van der Waals surface area (Å²) in [4.78, 5) is 39.5. The number of H-pyrrole nitrogens is 1. The second kappa shape index (κ2) is 16.3. The van der Waals surface area contributed by atoms with E-state index in [0.29, 0.717) is 27.9 Å². The first kappa shape index (κ1) is 32.4. The largest absolute Gasteiger partial charge is 0.489 e. The van der Waals surface area contributed by atoms with Crippen LogP contribution in [0.1, 0.15) is 37.0 Å². The Bertz CT molecular complexity index is 1560. The van der Waals surface area contributed by atoms with Gasteiger partial charge >= 0.3 is 6.09 Å². The normalized spacial score (nSPS) is 12.2. The Morgan fingerprint density at radius 2 is 1.45 bits per heavy atom. The number of ether oxygens (including phenoxy) is 2. The highest BCUT2D eigenvalue weighted by atomic mass is 32.1. The highest BCUT2D eigenvalue weighted by Crippen LogP contribution is 2.17. The van der Waals surface area contributed by atoms with Gasteiger partial charge < -0.3 is 20.1 Å². The van der Waals surface area contributed by atoms with Gasteiger partial charge in [0, 0.05) is 6.42 Å². The summed E-state index contributed by atoms with van der Waals surface area (Å²) in [6, 6.07) is 24.5. The molecule has 0 spiro atoms. The highest BCUT2D eigenvalue weighted by molar-refractivity contribution is 7.73. The zero-order valence-corrected chi connectivity index (χ0v) is 26.1. The molecule has 0 aliphatic heterocycles. The second-order valence-corrected chi connectivity index (χ2v) is 12.1. The van der Waals surface area contributed by atoms with Crippen LogP contribution in [0, 0.1) is 9.87 Å². The summed E-state index contributed by atoms with van der Waals surface area (Å²) < 4.78 is 11.7. The molecule has 2 atom stereocenters. The predicted octanol–water partition coefficient (Wildman–Crippen LogP) is 5.79. The van der Waals surface area contributed by atoms with Gasteiger partial charge in [-0.25, -0.2) is 4.79 Å². The molecule has 4 rings (SSSR count). The first-order chi connectivity index (χ1) is 21.2. The summed E-state index contributed by atoms with van der Waals surface area (Å²) >= 11 is 6.16. The Morgan fingerprint density at radius 1 is 0.818 bits per heavy atom. The fourth-order valence-corrected chi connectivity index (χ4v) is 5.06. The Morgan fingerprint density at radius 3 is 2.05 bits per heavy atom. The lowest BCUT2D eigenvalue weighted by atomic mass is 10.0. The van der Waals surface area contributed by atoms with Crippen LogP contribution in [0.25, 0.3) is 0 Å². The molecule has 10 nitrogen and oxygen atoms in total. The van der Waals surface area contributed by atoms with Crippen molar-refractivity contribution in [3.05, 3.63) is 106 Å². The van der Waals surface area contributed by atoms with E-state index in [4.69, 9.17) is 21.7 Å². The minimum Gasteiger partial charge on any atom is -0.489 e. The lowest BCUT2D eigenvalue weighted by molar-refractivity contribution is -0.128. The molecule has 0 aliphatic rings. The third-order valence-corrected chi connectivity index (χ3v) is 7.45. The molecule has 4 N–H and O–H groups in total. The molecular formula is C32H35N5O5S2. The van der Waals surface area contributed by atoms with Crippen molar-refractivity contribution in [2.45, 2.75) is 52.0 Å².